The van der Waals surface area contributed by atoms with Crippen LogP contribution in [0.2, 0.25) is 0 Å². The highest BCUT2D eigenvalue weighted by atomic mass is 16.2. The molecule has 0 aliphatic heterocycles. The van der Waals surface area contributed by atoms with E-state index >= 15 is 0 Å². The van der Waals surface area contributed by atoms with Crippen molar-refractivity contribution in [1.82, 2.24) is 10.6 Å². The van der Waals surface area contributed by atoms with E-state index in [1.165, 1.54) is 38.5 Å². The summed E-state index contributed by atoms with van der Waals surface area (Å²) >= 11 is 0. The maximum atomic E-state index is 13.0. The second-order valence-electron chi connectivity index (χ2n) is 9.24. The average molecular weight is 332 g/mol. The van der Waals surface area contributed by atoms with Gasteiger partial charge in [-0.1, -0.05) is 19.3 Å². The smallest absolute Gasteiger partial charge is 0.242 e. The number of rotatable bonds is 4. The maximum Gasteiger partial charge on any atom is 0.242 e. The van der Waals surface area contributed by atoms with E-state index in [9.17, 15) is 9.59 Å². The van der Waals surface area contributed by atoms with Crippen molar-refractivity contribution in [2.24, 2.45) is 23.2 Å². The zero-order valence-corrected chi connectivity index (χ0v) is 15.0. The molecule has 134 valence electrons. The Morgan fingerprint density at radius 3 is 2.00 bits per heavy atom. The Bertz CT molecular complexity index is 474. The van der Waals surface area contributed by atoms with Crippen LogP contribution in [-0.2, 0) is 9.59 Å². The Morgan fingerprint density at radius 2 is 1.46 bits per heavy atom. The molecule has 5 fully saturated rings. The lowest BCUT2D eigenvalue weighted by molar-refractivity contribution is -0.148. The normalized spacial score (nSPS) is 39.5. The van der Waals surface area contributed by atoms with Crippen LogP contribution in [0.3, 0.4) is 0 Å². The van der Waals surface area contributed by atoms with Crippen molar-refractivity contribution in [2.45, 2.75) is 89.6 Å². The molecule has 5 aliphatic rings. The monoisotopic (exact) mass is 332 g/mol. The van der Waals surface area contributed by atoms with Gasteiger partial charge in [0.25, 0.3) is 0 Å². The van der Waals surface area contributed by atoms with Gasteiger partial charge in [0, 0.05) is 11.5 Å². The first-order valence-electron chi connectivity index (χ1n) is 10.2. The molecule has 5 aliphatic carbocycles. The number of carbonyl (C=O) groups is 2. The van der Waals surface area contributed by atoms with Crippen LogP contribution in [-0.4, -0.2) is 23.9 Å². The molecular weight excluding hydrogens is 300 g/mol. The fourth-order valence-electron chi connectivity index (χ4n) is 6.38. The van der Waals surface area contributed by atoms with Crippen LogP contribution in [0.1, 0.15) is 77.6 Å². The largest absolute Gasteiger partial charge is 0.352 e. The number of amides is 2. The lowest BCUT2D eigenvalue weighted by atomic mass is 9.49. The van der Waals surface area contributed by atoms with Crippen molar-refractivity contribution in [3.8, 4) is 0 Å². The molecule has 1 atom stereocenters. The van der Waals surface area contributed by atoms with Gasteiger partial charge >= 0.3 is 0 Å². The molecule has 4 bridgehead atoms. The molecular formula is C20H32N2O2. The topological polar surface area (TPSA) is 58.2 Å². The Kier molecular flexibility index (Phi) is 4.34. The summed E-state index contributed by atoms with van der Waals surface area (Å²) < 4.78 is 0. The first-order chi connectivity index (χ1) is 11.5. The van der Waals surface area contributed by atoms with Gasteiger partial charge in [0.15, 0.2) is 0 Å². The minimum absolute atomic E-state index is 0.0000201. The fraction of sp³-hybridized carbons (Fsp3) is 0.900. The highest BCUT2D eigenvalue weighted by Gasteiger charge is 2.54. The van der Waals surface area contributed by atoms with E-state index in [2.05, 4.69) is 10.6 Å². The number of carbonyl (C=O) groups excluding carboxylic acids is 2. The maximum absolute atomic E-state index is 13.0. The van der Waals surface area contributed by atoms with Gasteiger partial charge in [-0.15, -0.1) is 0 Å². The second-order valence-corrected chi connectivity index (χ2v) is 9.24. The SMILES string of the molecule is CC(NC(=O)C12CC3CC(CC(C3)C1)C2)C(=O)NC1CCCCC1. The summed E-state index contributed by atoms with van der Waals surface area (Å²) in [5, 5.41) is 6.22. The minimum Gasteiger partial charge on any atom is -0.352 e. The van der Waals surface area contributed by atoms with E-state index in [0.29, 0.717) is 6.04 Å². The van der Waals surface area contributed by atoms with Crippen LogP contribution >= 0.6 is 0 Å². The van der Waals surface area contributed by atoms with Crippen molar-refractivity contribution in [3.05, 3.63) is 0 Å². The van der Waals surface area contributed by atoms with Crippen LogP contribution in [0.5, 0.6) is 0 Å². The van der Waals surface area contributed by atoms with Gasteiger partial charge in [0.05, 0.1) is 0 Å². The molecule has 1 unspecified atom stereocenters. The first kappa shape index (κ1) is 16.4. The van der Waals surface area contributed by atoms with Crippen molar-refractivity contribution in [2.75, 3.05) is 0 Å². The van der Waals surface area contributed by atoms with Crippen molar-refractivity contribution in [3.63, 3.8) is 0 Å². The quantitative estimate of drug-likeness (QED) is 0.831. The van der Waals surface area contributed by atoms with Gasteiger partial charge in [0.1, 0.15) is 6.04 Å². The Morgan fingerprint density at radius 1 is 0.917 bits per heavy atom. The number of hydrogen-bond donors (Lipinski definition) is 2. The van der Waals surface area contributed by atoms with Crippen molar-refractivity contribution in [1.29, 1.82) is 0 Å². The van der Waals surface area contributed by atoms with Crippen LogP contribution < -0.4 is 10.6 Å². The van der Waals surface area contributed by atoms with Crippen LogP contribution in [0.4, 0.5) is 0 Å². The zero-order chi connectivity index (χ0) is 16.7. The standard InChI is InChI=1S/C20H32N2O2/c1-13(18(23)22-17-5-3-2-4-6-17)21-19(24)20-10-14-7-15(11-20)9-16(8-14)12-20/h13-17H,2-12H2,1H3,(H,21,24)(H,22,23). The molecule has 5 rings (SSSR count). The summed E-state index contributed by atoms with van der Waals surface area (Å²) in [7, 11) is 0. The molecule has 2 amide bonds. The average Bonchev–Trinajstić information content (AvgIpc) is 2.54. The molecule has 0 aromatic heterocycles. The molecule has 0 aromatic carbocycles. The van der Waals surface area contributed by atoms with Gasteiger partial charge in [-0.3, -0.25) is 9.59 Å². The number of hydrogen-bond acceptors (Lipinski definition) is 2. The van der Waals surface area contributed by atoms with Crippen molar-refractivity contribution >= 4 is 11.8 Å². The summed E-state index contributed by atoms with van der Waals surface area (Å²) in [5.74, 6) is 2.43. The molecule has 0 spiro atoms. The first-order valence-corrected chi connectivity index (χ1v) is 10.2. The van der Waals surface area contributed by atoms with Gasteiger partial charge in [0.2, 0.25) is 11.8 Å². The minimum atomic E-state index is -0.410. The molecule has 24 heavy (non-hydrogen) atoms. The summed E-state index contributed by atoms with van der Waals surface area (Å²) in [5.41, 5.74) is -0.159. The second kappa shape index (κ2) is 6.34. The lowest BCUT2D eigenvalue weighted by Crippen LogP contribution is -2.57. The Hall–Kier alpha value is -1.06. The van der Waals surface area contributed by atoms with Gasteiger partial charge in [-0.25, -0.2) is 0 Å². The van der Waals surface area contributed by atoms with Gasteiger partial charge in [-0.2, -0.15) is 0 Å². The highest BCUT2D eigenvalue weighted by molar-refractivity contribution is 5.90. The fourth-order valence-corrected chi connectivity index (χ4v) is 6.38. The summed E-state index contributed by atoms with van der Waals surface area (Å²) in [6.07, 6.45) is 13.1. The Labute approximate surface area is 145 Å². The van der Waals surface area contributed by atoms with Crippen LogP contribution in [0.25, 0.3) is 0 Å². The van der Waals surface area contributed by atoms with E-state index < -0.39 is 6.04 Å². The molecule has 0 saturated heterocycles. The third-order valence-electron chi connectivity index (χ3n) is 7.21. The predicted molar refractivity (Wildman–Crippen MR) is 93.2 cm³/mol. The third-order valence-corrected chi connectivity index (χ3v) is 7.21. The summed E-state index contributed by atoms with van der Waals surface area (Å²) in [6.45, 7) is 1.84. The predicted octanol–water partition coefficient (Wildman–Crippen LogP) is 3.16. The molecule has 2 N–H and O–H groups in total. The van der Waals surface area contributed by atoms with E-state index in [1.54, 1.807) is 0 Å². The molecule has 0 heterocycles. The van der Waals surface area contributed by atoms with E-state index in [-0.39, 0.29) is 17.2 Å². The number of nitrogens with one attached hydrogen (secondary N) is 2. The van der Waals surface area contributed by atoms with Crippen LogP contribution in [0, 0.1) is 23.2 Å². The molecule has 5 saturated carbocycles. The molecule has 0 radical (unpaired) electrons. The van der Waals surface area contributed by atoms with E-state index in [1.807, 2.05) is 6.92 Å². The summed E-state index contributed by atoms with van der Waals surface area (Å²) in [4.78, 5) is 25.5. The molecule has 4 nitrogen and oxygen atoms in total. The van der Waals surface area contributed by atoms with Crippen molar-refractivity contribution < 1.29 is 9.59 Å². The zero-order valence-electron chi connectivity index (χ0n) is 15.0. The van der Waals surface area contributed by atoms with Crippen LogP contribution in [0.15, 0.2) is 0 Å². The highest BCUT2D eigenvalue weighted by Crippen LogP contribution is 2.60. The van der Waals surface area contributed by atoms with E-state index in [4.69, 9.17) is 0 Å². The lowest BCUT2D eigenvalue weighted by Gasteiger charge is -2.55. The van der Waals surface area contributed by atoms with Gasteiger partial charge < -0.3 is 10.6 Å². The Balaban J connectivity index is 1.34. The molecule has 4 heteroatoms. The van der Waals surface area contributed by atoms with Gasteiger partial charge in [-0.05, 0) is 76.0 Å². The molecule has 0 aromatic rings. The third kappa shape index (κ3) is 3.09. The van der Waals surface area contributed by atoms with E-state index in [0.717, 1.165) is 49.9 Å². The summed E-state index contributed by atoms with van der Waals surface area (Å²) in [6, 6.07) is -0.0995.